The molecule has 4 nitrogen and oxygen atoms in total. The van der Waals surface area contributed by atoms with Crippen LogP contribution in [0.1, 0.15) is 25.8 Å². The largest absolute Gasteiger partial charge is 0.370 e. The van der Waals surface area contributed by atoms with Gasteiger partial charge >= 0.3 is 0 Å². The summed E-state index contributed by atoms with van der Waals surface area (Å²) < 4.78 is 26.2. The number of benzene rings is 1. The van der Waals surface area contributed by atoms with Crippen molar-refractivity contribution in [3.63, 3.8) is 0 Å². The van der Waals surface area contributed by atoms with Crippen LogP contribution in [0.2, 0.25) is 0 Å². The van der Waals surface area contributed by atoms with E-state index in [1.54, 1.807) is 0 Å². The van der Waals surface area contributed by atoms with E-state index in [2.05, 4.69) is 27.5 Å². The number of hydrogen-bond acceptors (Lipinski definition) is 4. The van der Waals surface area contributed by atoms with E-state index in [0.29, 0.717) is 11.5 Å². The second-order valence-corrected chi connectivity index (χ2v) is 4.58. The van der Waals surface area contributed by atoms with Crippen molar-refractivity contribution < 1.29 is 8.78 Å². The van der Waals surface area contributed by atoms with Gasteiger partial charge in [-0.1, -0.05) is 13.8 Å². The van der Waals surface area contributed by atoms with Gasteiger partial charge in [-0.05, 0) is 25.0 Å². The Kier molecular flexibility index (Phi) is 5.03. The highest BCUT2D eigenvalue weighted by molar-refractivity contribution is 5.64. The first-order chi connectivity index (χ1) is 10.2. The zero-order valence-corrected chi connectivity index (χ0v) is 12.1. The van der Waals surface area contributed by atoms with Crippen molar-refractivity contribution in [2.24, 2.45) is 0 Å². The minimum absolute atomic E-state index is 0.448. The Hall–Kier alpha value is -2.24. The number of hydrogen-bond donors (Lipinski definition) is 2. The van der Waals surface area contributed by atoms with E-state index in [0.717, 1.165) is 42.9 Å². The first-order valence-corrected chi connectivity index (χ1v) is 6.95. The number of anilines is 3. The summed E-state index contributed by atoms with van der Waals surface area (Å²) in [6.45, 7) is 4.88. The standard InChI is InChI=1S/C15H18F2N4/c1-3-7-18-14-11(4-2)15(20-9-19-14)21-10-5-6-12(16)13(17)8-10/h5-6,8-9H,3-4,7H2,1-2H3,(H2,18,19,20,21). The molecule has 6 heteroatoms. The molecule has 21 heavy (non-hydrogen) atoms. The Bertz CT molecular complexity index is 617. The summed E-state index contributed by atoms with van der Waals surface area (Å²) in [5.74, 6) is -0.405. The monoisotopic (exact) mass is 292 g/mol. The highest BCUT2D eigenvalue weighted by atomic mass is 19.2. The van der Waals surface area contributed by atoms with Crippen LogP contribution in [0.15, 0.2) is 24.5 Å². The van der Waals surface area contributed by atoms with E-state index < -0.39 is 11.6 Å². The third-order valence-corrected chi connectivity index (χ3v) is 3.02. The molecule has 0 fully saturated rings. The van der Waals surface area contributed by atoms with Crippen molar-refractivity contribution in [1.29, 1.82) is 0 Å². The molecule has 0 saturated heterocycles. The Labute approximate surface area is 122 Å². The third-order valence-electron chi connectivity index (χ3n) is 3.02. The van der Waals surface area contributed by atoms with E-state index in [4.69, 9.17) is 0 Å². The molecule has 1 aromatic carbocycles. The number of aromatic nitrogens is 2. The number of nitrogens with zero attached hydrogens (tertiary/aromatic N) is 2. The molecule has 0 amide bonds. The highest BCUT2D eigenvalue weighted by Crippen LogP contribution is 2.24. The molecular formula is C15H18F2N4. The molecule has 1 aromatic heterocycles. The molecule has 0 saturated carbocycles. The van der Waals surface area contributed by atoms with E-state index >= 15 is 0 Å². The Balaban J connectivity index is 2.28. The van der Waals surface area contributed by atoms with Gasteiger partial charge in [-0.15, -0.1) is 0 Å². The maximum Gasteiger partial charge on any atom is 0.160 e. The smallest absolute Gasteiger partial charge is 0.160 e. The van der Waals surface area contributed by atoms with E-state index in [-0.39, 0.29) is 0 Å². The van der Waals surface area contributed by atoms with Crippen LogP contribution in [0.3, 0.4) is 0 Å². The first-order valence-electron chi connectivity index (χ1n) is 6.95. The molecule has 0 aliphatic carbocycles. The third kappa shape index (κ3) is 3.65. The maximum atomic E-state index is 13.3. The van der Waals surface area contributed by atoms with Crippen LogP contribution in [0.4, 0.5) is 26.1 Å². The summed E-state index contributed by atoms with van der Waals surface area (Å²) in [5.41, 5.74) is 1.36. The SMILES string of the molecule is CCCNc1ncnc(Nc2ccc(F)c(F)c2)c1CC. The van der Waals surface area contributed by atoms with Crippen molar-refractivity contribution in [3.05, 3.63) is 41.7 Å². The zero-order chi connectivity index (χ0) is 15.2. The summed E-state index contributed by atoms with van der Waals surface area (Å²) in [6.07, 6.45) is 3.15. The molecular weight excluding hydrogens is 274 g/mol. The van der Waals surface area contributed by atoms with Crippen LogP contribution in [0, 0.1) is 11.6 Å². The fourth-order valence-electron chi connectivity index (χ4n) is 1.96. The highest BCUT2D eigenvalue weighted by Gasteiger charge is 2.10. The molecule has 1 heterocycles. The van der Waals surface area contributed by atoms with Crippen molar-refractivity contribution >= 4 is 17.3 Å². The van der Waals surface area contributed by atoms with Gasteiger partial charge < -0.3 is 10.6 Å². The summed E-state index contributed by atoms with van der Waals surface area (Å²) in [6, 6.07) is 3.66. The second kappa shape index (κ2) is 6.97. The minimum Gasteiger partial charge on any atom is -0.370 e. The van der Waals surface area contributed by atoms with Gasteiger partial charge in [0.2, 0.25) is 0 Å². The summed E-state index contributed by atoms with van der Waals surface area (Å²) in [4.78, 5) is 8.41. The topological polar surface area (TPSA) is 49.8 Å². The molecule has 0 radical (unpaired) electrons. The molecule has 0 aliphatic heterocycles. The summed E-state index contributed by atoms with van der Waals surface area (Å²) in [5, 5.41) is 6.25. The Morgan fingerprint density at radius 1 is 1.05 bits per heavy atom. The molecule has 0 aliphatic rings. The van der Waals surface area contributed by atoms with Gasteiger partial charge in [-0.3, -0.25) is 0 Å². The van der Waals surface area contributed by atoms with Crippen LogP contribution in [-0.4, -0.2) is 16.5 Å². The quantitative estimate of drug-likeness (QED) is 0.848. The van der Waals surface area contributed by atoms with Crippen LogP contribution in [0.25, 0.3) is 0 Å². The molecule has 0 bridgehead atoms. The lowest BCUT2D eigenvalue weighted by Crippen LogP contribution is -2.08. The Morgan fingerprint density at radius 3 is 2.48 bits per heavy atom. The number of halogens is 2. The fraction of sp³-hybridized carbons (Fsp3) is 0.333. The lowest BCUT2D eigenvalue weighted by atomic mass is 10.2. The predicted octanol–water partition coefficient (Wildman–Crippen LogP) is 3.88. The first kappa shape index (κ1) is 15.2. The van der Waals surface area contributed by atoms with Gasteiger partial charge in [-0.25, -0.2) is 18.7 Å². The van der Waals surface area contributed by atoms with E-state index in [1.807, 2.05) is 6.92 Å². The van der Waals surface area contributed by atoms with Crippen molar-refractivity contribution in [1.82, 2.24) is 9.97 Å². The summed E-state index contributed by atoms with van der Waals surface area (Å²) in [7, 11) is 0. The molecule has 2 N–H and O–H groups in total. The van der Waals surface area contributed by atoms with Crippen LogP contribution < -0.4 is 10.6 Å². The number of rotatable bonds is 6. The average molecular weight is 292 g/mol. The fourth-order valence-corrected chi connectivity index (χ4v) is 1.96. The molecule has 112 valence electrons. The van der Waals surface area contributed by atoms with Crippen LogP contribution in [-0.2, 0) is 6.42 Å². The Morgan fingerprint density at radius 2 is 1.81 bits per heavy atom. The van der Waals surface area contributed by atoms with Gasteiger partial charge in [0.15, 0.2) is 11.6 Å². The average Bonchev–Trinajstić information content (AvgIpc) is 2.49. The normalized spacial score (nSPS) is 10.5. The van der Waals surface area contributed by atoms with Gasteiger partial charge in [0.1, 0.15) is 18.0 Å². The van der Waals surface area contributed by atoms with Crippen molar-refractivity contribution in [3.8, 4) is 0 Å². The lowest BCUT2D eigenvalue weighted by molar-refractivity contribution is 0.509. The predicted molar refractivity (Wildman–Crippen MR) is 79.8 cm³/mol. The van der Waals surface area contributed by atoms with Crippen LogP contribution >= 0.6 is 0 Å². The zero-order valence-electron chi connectivity index (χ0n) is 12.1. The van der Waals surface area contributed by atoms with Gasteiger partial charge in [-0.2, -0.15) is 0 Å². The molecule has 2 rings (SSSR count). The van der Waals surface area contributed by atoms with Gasteiger partial charge in [0.05, 0.1) is 0 Å². The van der Waals surface area contributed by atoms with E-state index in [9.17, 15) is 8.78 Å². The molecule has 0 spiro atoms. The van der Waals surface area contributed by atoms with Crippen molar-refractivity contribution in [2.75, 3.05) is 17.2 Å². The van der Waals surface area contributed by atoms with Crippen molar-refractivity contribution in [2.45, 2.75) is 26.7 Å². The summed E-state index contributed by atoms with van der Waals surface area (Å²) >= 11 is 0. The van der Waals surface area contributed by atoms with Gasteiger partial charge in [0.25, 0.3) is 0 Å². The molecule has 0 atom stereocenters. The van der Waals surface area contributed by atoms with E-state index in [1.165, 1.54) is 12.4 Å². The van der Waals surface area contributed by atoms with Crippen LogP contribution in [0.5, 0.6) is 0 Å². The second-order valence-electron chi connectivity index (χ2n) is 4.58. The lowest BCUT2D eigenvalue weighted by Gasteiger charge is -2.14. The minimum atomic E-state index is -0.892. The number of nitrogens with one attached hydrogen (secondary N) is 2. The molecule has 2 aromatic rings. The van der Waals surface area contributed by atoms with Gasteiger partial charge in [0, 0.05) is 23.9 Å². The molecule has 0 unspecified atom stereocenters. The maximum absolute atomic E-state index is 13.3.